The van der Waals surface area contributed by atoms with E-state index in [2.05, 4.69) is 29.4 Å². The number of rotatable bonds is 7. The van der Waals surface area contributed by atoms with E-state index in [1.165, 1.54) is 5.56 Å². The minimum absolute atomic E-state index is 0.172. The molecular weight excluding hydrogens is 348 g/mol. The second kappa shape index (κ2) is 9.18. The van der Waals surface area contributed by atoms with E-state index in [1.54, 1.807) is 0 Å². The number of benzene rings is 2. The Labute approximate surface area is 166 Å². The second-order valence-corrected chi connectivity index (χ2v) is 6.77. The molecule has 1 amide bonds. The Balaban J connectivity index is 1.73. The first-order valence-corrected chi connectivity index (χ1v) is 9.73. The summed E-state index contributed by atoms with van der Waals surface area (Å²) in [5.41, 5.74) is 4.23. The van der Waals surface area contributed by atoms with E-state index >= 15 is 0 Å². The summed E-state index contributed by atoms with van der Waals surface area (Å²) in [6, 6.07) is 19.2. The summed E-state index contributed by atoms with van der Waals surface area (Å²) in [5, 5.41) is 2.94. The fourth-order valence-corrected chi connectivity index (χ4v) is 3.07. The molecule has 0 saturated heterocycles. The Morgan fingerprint density at radius 1 is 1.00 bits per heavy atom. The van der Waals surface area contributed by atoms with Gasteiger partial charge in [-0.25, -0.2) is 0 Å². The maximum atomic E-state index is 12.6. The zero-order chi connectivity index (χ0) is 19.9. The molecule has 0 aliphatic heterocycles. The fourth-order valence-electron chi connectivity index (χ4n) is 3.07. The van der Waals surface area contributed by atoms with Crippen molar-refractivity contribution in [3.63, 3.8) is 0 Å². The molecule has 3 aromatic rings. The second-order valence-electron chi connectivity index (χ2n) is 6.77. The van der Waals surface area contributed by atoms with Gasteiger partial charge in [0.15, 0.2) is 0 Å². The summed E-state index contributed by atoms with van der Waals surface area (Å²) in [5.74, 6) is 1.31. The molecule has 28 heavy (non-hydrogen) atoms. The van der Waals surface area contributed by atoms with Crippen LogP contribution in [0, 0.1) is 6.92 Å². The number of carbonyl (C=O) groups excluding carboxylic acids is 1. The molecule has 4 nitrogen and oxygen atoms in total. The lowest BCUT2D eigenvalue weighted by Crippen LogP contribution is -2.14. The van der Waals surface area contributed by atoms with Crippen LogP contribution < -0.4 is 10.1 Å². The van der Waals surface area contributed by atoms with Gasteiger partial charge in [-0.15, -0.1) is 0 Å². The first kappa shape index (κ1) is 19.6. The van der Waals surface area contributed by atoms with E-state index < -0.39 is 0 Å². The molecule has 1 heterocycles. The van der Waals surface area contributed by atoms with Crippen molar-refractivity contribution in [2.24, 2.45) is 0 Å². The number of anilines is 1. The third-order valence-electron chi connectivity index (χ3n) is 4.52. The summed E-state index contributed by atoms with van der Waals surface area (Å²) in [7, 11) is 0. The van der Waals surface area contributed by atoms with Gasteiger partial charge in [0, 0.05) is 17.4 Å². The lowest BCUT2D eigenvalue weighted by molar-refractivity contribution is 0.102. The number of aryl methyl sites for hydroxylation is 3. The SMILES string of the molecule is CCCc1cccc(Oc2cccc(NC(=O)c3ccc(CC)nc3C)c2)c1. The molecule has 1 aromatic heterocycles. The number of nitrogens with zero attached hydrogens (tertiary/aromatic N) is 1. The number of nitrogens with one attached hydrogen (secondary N) is 1. The highest BCUT2D eigenvalue weighted by Gasteiger charge is 2.11. The van der Waals surface area contributed by atoms with Gasteiger partial charge in [0.1, 0.15) is 11.5 Å². The summed E-state index contributed by atoms with van der Waals surface area (Å²) in [6.07, 6.45) is 2.97. The number of pyridine rings is 1. The zero-order valence-corrected chi connectivity index (χ0v) is 16.7. The first-order chi connectivity index (χ1) is 13.6. The van der Waals surface area contributed by atoms with Crippen molar-refractivity contribution in [1.29, 1.82) is 0 Å². The first-order valence-electron chi connectivity index (χ1n) is 9.73. The van der Waals surface area contributed by atoms with Crippen LogP contribution in [0.3, 0.4) is 0 Å². The average molecular weight is 374 g/mol. The number of amides is 1. The Kier molecular flexibility index (Phi) is 6.43. The van der Waals surface area contributed by atoms with Crippen LogP contribution in [0.5, 0.6) is 11.5 Å². The van der Waals surface area contributed by atoms with Gasteiger partial charge in [0.25, 0.3) is 5.91 Å². The van der Waals surface area contributed by atoms with Gasteiger partial charge in [-0.3, -0.25) is 9.78 Å². The highest BCUT2D eigenvalue weighted by Crippen LogP contribution is 2.25. The van der Waals surface area contributed by atoms with E-state index in [9.17, 15) is 4.79 Å². The zero-order valence-electron chi connectivity index (χ0n) is 16.7. The molecular formula is C24H26N2O2. The Hall–Kier alpha value is -3.14. The van der Waals surface area contributed by atoms with Crippen LogP contribution in [0.15, 0.2) is 60.7 Å². The van der Waals surface area contributed by atoms with Gasteiger partial charge < -0.3 is 10.1 Å². The van der Waals surface area contributed by atoms with Crippen molar-refractivity contribution in [3.05, 3.63) is 83.2 Å². The van der Waals surface area contributed by atoms with Crippen LogP contribution >= 0.6 is 0 Å². The van der Waals surface area contributed by atoms with Crippen LogP contribution in [0.2, 0.25) is 0 Å². The van der Waals surface area contributed by atoms with E-state index in [-0.39, 0.29) is 5.91 Å². The lowest BCUT2D eigenvalue weighted by Gasteiger charge is -2.11. The molecule has 0 spiro atoms. The van der Waals surface area contributed by atoms with Crippen LogP contribution in [-0.4, -0.2) is 10.9 Å². The number of hydrogen-bond acceptors (Lipinski definition) is 3. The summed E-state index contributed by atoms with van der Waals surface area (Å²) >= 11 is 0. The highest BCUT2D eigenvalue weighted by atomic mass is 16.5. The minimum Gasteiger partial charge on any atom is -0.457 e. The van der Waals surface area contributed by atoms with E-state index in [1.807, 2.05) is 62.4 Å². The predicted octanol–water partition coefficient (Wildman–Crippen LogP) is 5.95. The van der Waals surface area contributed by atoms with Gasteiger partial charge in [0.2, 0.25) is 0 Å². The van der Waals surface area contributed by atoms with E-state index in [4.69, 9.17) is 4.74 Å². The standard InChI is InChI=1S/C24H26N2O2/c1-4-8-18-9-6-11-21(15-18)28-22-12-7-10-20(16-22)26-24(27)23-14-13-19(5-2)25-17(23)3/h6-7,9-16H,4-5,8H2,1-3H3,(H,26,27). The van der Waals surface area contributed by atoms with Crippen LogP contribution in [0.1, 0.15) is 47.6 Å². The Morgan fingerprint density at radius 3 is 2.46 bits per heavy atom. The summed E-state index contributed by atoms with van der Waals surface area (Å²) in [6.45, 7) is 6.06. The largest absolute Gasteiger partial charge is 0.457 e. The van der Waals surface area contributed by atoms with Gasteiger partial charge in [-0.05, 0) is 61.7 Å². The third kappa shape index (κ3) is 4.97. The topological polar surface area (TPSA) is 51.2 Å². The number of ether oxygens (including phenoxy) is 1. The molecule has 0 unspecified atom stereocenters. The maximum Gasteiger partial charge on any atom is 0.257 e. The molecule has 0 bridgehead atoms. The van der Waals surface area contributed by atoms with Gasteiger partial charge in [-0.2, -0.15) is 0 Å². The molecule has 0 aliphatic carbocycles. The predicted molar refractivity (Wildman–Crippen MR) is 113 cm³/mol. The summed E-state index contributed by atoms with van der Waals surface area (Å²) in [4.78, 5) is 17.1. The summed E-state index contributed by atoms with van der Waals surface area (Å²) < 4.78 is 5.98. The van der Waals surface area contributed by atoms with Crippen molar-refractivity contribution < 1.29 is 9.53 Å². The van der Waals surface area contributed by atoms with Crippen LogP contribution in [0.25, 0.3) is 0 Å². The van der Waals surface area contributed by atoms with Crippen molar-refractivity contribution in [1.82, 2.24) is 4.98 Å². The molecule has 0 saturated carbocycles. The molecule has 4 heteroatoms. The normalized spacial score (nSPS) is 10.5. The van der Waals surface area contributed by atoms with Crippen molar-refractivity contribution in [2.45, 2.75) is 40.0 Å². The third-order valence-corrected chi connectivity index (χ3v) is 4.52. The van der Waals surface area contributed by atoms with E-state index in [0.717, 1.165) is 36.4 Å². The smallest absolute Gasteiger partial charge is 0.257 e. The maximum absolute atomic E-state index is 12.6. The Morgan fingerprint density at radius 2 is 1.75 bits per heavy atom. The van der Waals surface area contributed by atoms with Crippen LogP contribution in [0.4, 0.5) is 5.69 Å². The van der Waals surface area contributed by atoms with Crippen molar-refractivity contribution >= 4 is 11.6 Å². The number of hydrogen-bond donors (Lipinski definition) is 1. The quantitative estimate of drug-likeness (QED) is 0.556. The molecule has 1 N–H and O–H groups in total. The molecule has 2 aromatic carbocycles. The molecule has 0 atom stereocenters. The molecule has 0 radical (unpaired) electrons. The fraction of sp³-hybridized carbons (Fsp3) is 0.250. The van der Waals surface area contributed by atoms with Crippen molar-refractivity contribution in [2.75, 3.05) is 5.32 Å². The van der Waals surface area contributed by atoms with Crippen molar-refractivity contribution in [3.8, 4) is 11.5 Å². The number of carbonyl (C=O) groups is 1. The van der Waals surface area contributed by atoms with Crippen LogP contribution in [-0.2, 0) is 12.8 Å². The Bertz CT molecular complexity index is 966. The van der Waals surface area contributed by atoms with Gasteiger partial charge in [0.05, 0.1) is 11.3 Å². The molecule has 0 fully saturated rings. The average Bonchev–Trinajstić information content (AvgIpc) is 2.68. The molecule has 3 rings (SSSR count). The highest BCUT2D eigenvalue weighted by molar-refractivity contribution is 6.05. The van der Waals surface area contributed by atoms with Gasteiger partial charge in [-0.1, -0.05) is 38.5 Å². The monoisotopic (exact) mass is 374 g/mol. The van der Waals surface area contributed by atoms with E-state index in [0.29, 0.717) is 17.0 Å². The molecule has 144 valence electrons. The molecule has 0 aliphatic rings. The number of aromatic nitrogens is 1. The lowest BCUT2D eigenvalue weighted by atomic mass is 10.1. The van der Waals surface area contributed by atoms with Gasteiger partial charge >= 0.3 is 0 Å². The minimum atomic E-state index is -0.172.